The standard InChI is InChI=1S/C22H17NO4/c24-18-9-7-17(8-10-18)23-21(25)15-6-11-19-16(12-15)13-20(27-22(19)26)14-4-2-1-3-5-14/h1-12,20,24H,13H2,(H,23,25). The number of hydrogen-bond acceptors (Lipinski definition) is 4. The highest BCUT2D eigenvalue weighted by Crippen LogP contribution is 2.31. The lowest BCUT2D eigenvalue weighted by molar-refractivity contribution is 0.0252. The number of hydrogen-bond donors (Lipinski definition) is 2. The zero-order valence-electron chi connectivity index (χ0n) is 14.4. The summed E-state index contributed by atoms with van der Waals surface area (Å²) in [6, 6.07) is 20.8. The van der Waals surface area contributed by atoms with Gasteiger partial charge in [0.15, 0.2) is 0 Å². The Bertz CT molecular complexity index is 997. The fraction of sp³-hybridized carbons (Fsp3) is 0.0909. The Morgan fingerprint density at radius 1 is 1.00 bits per heavy atom. The van der Waals surface area contributed by atoms with Crippen LogP contribution in [0.5, 0.6) is 5.75 Å². The summed E-state index contributed by atoms with van der Waals surface area (Å²) in [5.41, 5.74) is 3.25. The maximum Gasteiger partial charge on any atom is 0.339 e. The predicted octanol–water partition coefficient (Wildman–Crippen LogP) is 4.10. The molecule has 0 radical (unpaired) electrons. The Morgan fingerprint density at radius 3 is 2.48 bits per heavy atom. The number of aromatic hydroxyl groups is 1. The van der Waals surface area contributed by atoms with E-state index in [4.69, 9.17) is 4.74 Å². The second-order valence-electron chi connectivity index (χ2n) is 6.38. The van der Waals surface area contributed by atoms with Crippen LogP contribution in [0.4, 0.5) is 5.69 Å². The molecule has 3 aromatic rings. The van der Waals surface area contributed by atoms with Crippen LogP contribution in [0.1, 0.15) is 37.9 Å². The van der Waals surface area contributed by atoms with E-state index in [1.807, 2.05) is 30.3 Å². The lowest BCUT2D eigenvalue weighted by atomic mass is 9.93. The SMILES string of the molecule is O=C(Nc1ccc(O)cc1)c1ccc2c(c1)CC(c1ccccc1)OC2=O. The molecule has 3 aromatic carbocycles. The molecule has 1 heterocycles. The van der Waals surface area contributed by atoms with Crippen LogP contribution in [0.25, 0.3) is 0 Å². The highest BCUT2D eigenvalue weighted by atomic mass is 16.5. The molecule has 0 aliphatic carbocycles. The summed E-state index contributed by atoms with van der Waals surface area (Å²) in [6.45, 7) is 0. The molecule has 0 saturated carbocycles. The fourth-order valence-electron chi connectivity index (χ4n) is 3.14. The first kappa shape index (κ1) is 16.8. The van der Waals surface area contributed by atoms with E-state index in [0.717, 1.165) is 11.1 Å². The number of carbonyl (C=O) groups is 2. The summed E-state index contributed by atoms with van der Waals surface area (Å²) in [5, 5.41) is 12.1. The number of anilines is 1. The van der Waals surface area contributed by atoms with Gasteiger partial charge in [-0.1, -0.05) is 30.3 Å². The average molecular weight is 359 g/mol. The molecule has 27 heavy (non-hydrogen) atoms. The summed E-state index contributed by atoms with van der Waals surface area (Å²) in [5.74, 6) is -0.526. The van der Waals surface area contributed by atoms with Crippen molar-refractivity contribution in [2.75, 3.05) is 5.32 Å². The number of phenolic OH excluding ortho intramolecular Hbond substituents is 1. The first-order chi connectivity index (χ1) is 13.1. The molecule has 1 atom stereocenters. The lowest BCUT2D eigenvalue weighted by Gasteiger charge is -2.25. The Kier molecular flexibility index (Phi) is 4.34. The van der Waals surface area contributed by atoms with Crippen LogP contribution in [-0.2, 0) is 11.2 Å². The van der Waals surface area contributed by atoms with Crippen molar-refractivity contribution in [1.29, 1.82) is 0 Å². The summed E-state index contributed by atoms with van der Waals surface area (Å²) in [7, 11) is 0. The molecule has 0 fully saturated rings. The largest absolute Gasteiger partial charge is 0.508 e. The van der Waals surface area contributed by atoms with E-state index in [1.54, 1.807) is 30.3 Å². The number of benzene rings is 3. The Balaban J connectivity index is 1.58. The van der Waals surface area contributed by atoms with E-state index in [-0.39, 0.29) is 23.7 Å². The van der Waals surface area contributed by atoms with Gasteiger partial charge in [0.25, 0.3) is 5.91 Å². The van der Waals surface area contributed by atoms with E-state index >= 15 is 0 Å². The Morgan fingerprint density at radius 2 is 1.74 bits per heavy atom. The third kappa shape index (κ3) is 3.53. The Labute approximate surface area is 156 Å². The van der Waals surface area contributed by atoms with Gasteiger partial charge in [0.05, 0.1) is 5.56 Å². The van der Waals surface area contributed by atoms with Crippen LogP contribution in [0.3, 0.4) is 0 Å². The van der Waals surface area contributed by atoms with Crippen molar-refractivity contribution in [3.05, 3.63) is 95.1 Å². The number of esters is 1. The maximum atomic E-state index is 12.5. The van der Waals surface area contributed by atoms with Gasteiger partial charge in [-0.2, -0.15) is 0 Å². The van der Waals surface area contributed by atoms with Crippen LogP contribution >= 0.6 is 0 Å². The third-order valence-corrected chi connectivity index (χ3v) is 4.54. The molecule has 5 nitrogen and oxygen atoms in total. The summed E-state index contributed by atoms with van der Waals surface area (Å²) in [6.07, 6.45) is 0.160. The second kappa shape index (κ2) is 6.96. The van der Waals surface area contributed by atoms with E-state index < -0.39 is 0 Å². The summed E-state index contributed by atoms with van der Waals surface area (Å²) >= 11 is 0. The van der Waals surface area contributed by atoms with Crippen molar-refractivity contribution in [3.63, 3.8) is 0 Å². The zero-order valence-corrected chi connectivity index (χ0v) is 14.4. The van der Waals surface area contributed by atoms with Gasteiger partial charge in [0.2, 0.25) is 0 Å². The number of cyclic esters (lactones) is 1. The molecule has 0 spiro atoms. The van der Waals surface area contributed by atoms with Crippen LogP contribution in [0, 0.1) is 0 Å². The highest BCUT2D eigenvalue weighted by Gasteiger charge is 2.28. The number of fused-ring (bicyclic) bond motifs is 1. The minimum absolute atomic E-state index is 0.132. The van der Waals surface area contributed by atoms with Crippen LogP contribution in [0.15, 0.2) is 72.8 Å². The normalized spacial score (nSPS) is 15.6. The number of carbonyl (C=O) groups excluding carboxylic acids is 2. The van der Waals surface area contributed by atoms with Crippen molar-refractivity contribution in [1.82, 2.24) is 0 Å². The van der Waals surface area contributed by atoms with Gasteiger partial charge < -0.3 is 15.2 Å². The van der Waals surface area contributed by atoms with Gasteiger partial charge in [0, 0.05) is 17.7 Å². The van der Waals surface area contributed by atoms with Crippen molar-refractivity contribution < 1.29 is 19.4 Å². The van der Waals surface area contributed by atoms with Gasteiger partial charge in [-0.3, -0.25) is 4.79 Å². The van der Waals surface area contributed by atoms with E-state index in [2.05, 4.69) is 5.32 Å². The molecular formula is C22H17NO4. The maximum absolute atomic E-state index is 12.5. The van der Waals surface area contributed by atoms with Crippen molar-refractivity contribution >= 4 is 17.6 Å². The first-order valence-electron chi connectivity index (χ1n) is 8.59. The number of phenols is 1. The molecule has 1 unspecified atom stereocenters. The van der Waals surface area contributed by atoms with E-state index in [9.17, 15) is 14.7 Å². The van der Waals surface area contributed by atoms with Crippen LogP contribution in [0.2, 0.25) is 0 Å². The Hall–Kier alpha value is -3.60. The molecule has 4 rings (SSSR count). The van der Waals surface area contributed by atoms with E-state index in [0.29, 0.717) is 23.2 Å². The molecular weight excluding hydrogens is 342 g/mol. The second-order valence-corrected chi connectivity index (χ2v) is 6.38. The van der Waals surface area contributed by atoms with Gasteiger partial charge in [0.1, 0.15) is 11.9 Å². The fourth-order valence-corrected chi connectivity index (χ4v) is 3.14. The average Bonchev–Trinajstić information content (AvgIpc) is 2.70. The molecule has 1 aliphatic rings. The van der Waals surface area contributed by atoms with Gasteiger partial charge in [-0.05, 0) is 53.6 Å². The van der Waals surface area contributed by atoms with Crippen molar-refractivity contribution in [3.8, 4) is 5.75 Å². The molecule has 0 aromatic heterocycles. The predicted molar refractivity (Wildman–Crippen MR) is 101 cm³/mol. The number of amides is 1. The van der Waals surface area contributed by atoms with E-state index in [1.165, 1.54) is 12.1 Å². The van der Waals surface area contributed by atoms with Gasteiger partial charge in [-0.25, -0.2) is 4.79 Å². The minimum Gasteiger partial charge on any atom is -0.508 e. The molecule has 1 amide bonds. The van der Waals surface area contributed by atoms with Gasteiger partial charge in [-0.15, -0.1) is 0 Å². The quantitative estimate of drug-likeness (QED) is 0.545. The van der Waals surface area contributed by atoms with Crippen LogP contribution in [-0.4, -0.2) is 17.0 Å². The van der Waals surface area contributed by atoms with Gasteiger partial charge >= 0.3 is 5.97 Å². The number of rotatable bonds is 3. The molecule has 5 heteroatoms. The summed E-state index contributed by atoms with van der Waals surface area (Å²) < 4.78 is 5.54. The number of ether oxygens (including phenoxy) is 1. The monoisotopic (exact) mass is 359 g/mol. The third-order valence-electron chi connectivity index (χ3n) is 4.54. The molecule has 0 saturated heterocycles. The smallest absolute Gasteiger partial charge is 0.339 e. The van der Waals surface area contributed by atoms with Crippen molar-refractivity contribution in [2.45, 2.75) is 12.5 Å². The molecule has 0 bridgehead atoms. The lowest BCUT2D eigenvalue weighted by Crippen LogP contribution is -2.23. The molecule has 1 aliphatic heterocycles. The first-order valence-corrected chi connectivity index (χ1v) is 8.59. The zero-order chi connectivity index (χ0) is 18.8. The molecule has 134 valence electrons. The van der Waals surface area contributed by atoms with Crippen LogP contribution < -0.4 is 5.32 Å². The van der Waals surface area contributed by atoms with Crippen molar-refractivity contribution in [2.24, 2.45) is 0 Å². The number of nitrogens with one attached hydrogen (secondary N) is 1. The highest BCUT2D eigenvalue weighted by molar-refractivity contribution is 6.05. The topological polar surface area (TPSA) is 75.6 Å². The summed E-state index contributed by atoms with van der Waals surface area (Å²) in [4.78, 5) is 24.9. The minimum atomic E-state index is -0.379. The molecule has 2 N–H and O–H groups in total.